The van der Waals surface area contributed by atoms with E-state index in [4.69, 9.17) is 0 Å². The van der Waals surface area contributed by atoms with Gasteiger partial charge in [-0.05, 0) is 62.4 Å². The zero-order chi connectivity index (χ0) is 17.8. The molecular formula is C20H26FN3O. The lowest BCUT2D eigenvalue weighted by Gasteiger charge is -2.31. The molecule has 2 aliphatic heterocycles. The number of carbonyl (C=O) groups is 1. The van der Waals surface area contributed by atoms with Gasteiger partial charge in [-0.2, -0.15) is 0 Å². The zero-order valence-electron chi connectivity index (χ0n) is 14.6. The Bertz CT molecular complexity index is 665. The molecule has 1 atom stereocenters. The first-order valence-corrected chi connectivity index (χ1v) is 8.92. The molecule has 0 bridgehead atoms. The number of piperidine rings is 2. The highest BCUT2D eigenvalue weighted by atomic mass is 19.1. The van der Waals surface area contributed by atoms with Crippen molar-refractivity contribution in [3.63, 3.8) is 0 Å². The summed E-state index contributed by atoms with van der Waals surface area (Å²) in [4.78, 5) is 12.7. The van der Waals surface area contributed by atoms with Crippen molar-refractivity contribution in [1.29, 1.82) is 0 Å². The molecule has 0 amide bonds. The van der Waals surface area contributed by atoms with Gasteiger partial charge >= 0.3 is 0 Å². The first-order chi connectivity index (χ1) is 12.1. The second kappa shape index (κ2) is 7.83. The fraction of sp³-hybridized carbons (Fsp3) is 0.450. The van der Waals surface area contributed by atoms with Crippen molar-refractivity contribution in [3.05, 3.63) is 54.1 Å². The Hall–Kier alpha value is -2.14. The van der Waals surface area contributed by atoms with E-state index < -0.39 is 0 Å². The van der Waals surface area contributed by atoms with E-state index >= 15 is 0 Å². The average molecular weight is 343 g/mol. The maximum atomic E-state index is 14.6. The average Bonchev–Trinajstić information content (AvgIpc) is 2.59. The number of rotatable bonds is 5. The first kappa shape index (κ1) is 17.7. The van der Waals surface area contributed by atoms with Gasteiger partial charge < -0.3 is 15.4 Å². The van der Waals surface area contributed by atoms with Gasteiger partial charge in [0.15, 0.2) is 0 Å². The molecule has 3 rings (SSSR count). The summed E-state index contributed by atoms with van der Waals surface area (Å²) in [6, 6.07) is 5.52. The number of benzene rings is 1. The molecule has 0 spiro atoms. The lowest BCUT2D eigenvalue weighted by Crippen LogP contribution is -2.34. The van der Waals surface area contributed by atoms with Crippen LogP contribution in [0.25, 0.3) is 0 Å². The van der Waals surface area contributed by atoms with Gasteiger partial charge in [-0.3, -0.25) is 4.90 Å². The number of halogens is 1. The molecular weight excluding hydrogens is 317 g/mol. The first-order valence-electron chi connectivity index (χ1n) is 8.92. The van der Waals surface area contributed by atoms with Crippen LogP contribution < -0.4 is 10.6 Å². The van der Waals surface area contributed by atoms with Crippen molar-refractivity contribution in [1.82, 2.24) is 10.2 Å². The van der Waals surface area contributed by atoms with E-state index in [-0.39, 0.29) is 17.8 Å². The zero-order valence-corrected chi connectivity index (χ0v) is 14.6. The maximum absolute atomic E-state index is 14.6. The summed E-state index contributed by atoms with van der Waals surface area (Å²) in [7, 11) is 0. The third kappa shape index (κ3) is 4.28. The van der Waals surface area contributed by atoms with Crippen molar-refractivity contribution >= 4 is 12.0 Å². The highest BCUT2D eigenvalue weighted by molar-refractivity contribution is 5.52. The number of hydrogen-bond donors (Lipinski definition) is 2. The predicted octanol–water partition coefficient (Wildman–Crippen LogP) is 3.40. The van der Waals surface area contributed by atoms with Crippen LogP contribution in [0.15, 0.2) is 42.8 Å². The highest BCUT2D eigenvalue weighted by Crippen LogP contribution is 2.31. The molecule has 134 valence electrons. The molecule has 2 aliphatic rings. The van der Waals surface area contributed by atoms with Gasteiger partial charge in [-0.25, -0.2) is 4.39 Å². The molecule has 0 saturated carbocycles. The minimum atomic E-state index is -0.155. The lowest BCUT2D eigenvalue weighted by atomic mass is 9.89. The van der Waals surface area contributed by atoms with Crippen LogP contribution in [-0.2, 0) is 4.79 Å². The van der Waals surface area contributed by atoms with Crippen LogP contribution in [0.4, 0.5) is 10.1 Å². The highest BCUT2D eigenvalue weighted by Gasteiger charge is 2.23. The SMILES string of the molecule is C=C1CCC(Nc2ccc(C3CCN(CC=O)CC3)c(F)c2)C(=C)N1. The number of carbonyl (C=O) groups excluding carboxylic acids is 1. The van der Waals surface area contributed by atoms with E-state index in [9.17, 15) is 9.18 Å². The van der Waals surface area contributed by atoms with Crippen molar-refractivity contribution < 1.29 is 9.18 Å². The number of hydrogen-bond acceptors (Lipinski definition) is 4. The maximum Gasteiger partial charge on any atom is 0.133 e. The van der Waals surface area contributed by atoms with Crippen molar-refractivity contribution in [3.8, 4) is 0 Å². The van der Waals surface area contributed by atoms with Gasteiger partial charge in [0.25, 0.3) is 0 Å². The molecule has 5 heteroatoms. The van der Waals surface area contributed by atoms with Crippen molar-refractivity contribution in [2.45, 2.75) is 37.6 Å². The summed E-state index contributed by atoms with van der Waals surface area (Å²) >= 11 is 0. The van der Waals surface area contributed by atoms with E-state index in [0.717, 1.165) is 67.7 Å². The molecule has 2 fully saturated rings. The normalized spacial score (nSPS) is 22.5. The van der Waals surface area contributed by atoms with Gasteiger partial charge in [-0.15, -0.1) is 0 Å². The van der Waals surface area contributed by atoms with E-state index in [1.54, 1.807) is 6.07 Å². The molecule has 1 unspecified atom stereocenters. The molecule has 2 heterocycles. The van der Waals surface area contributed by atoms with E-state index in [0.29, 0.717) is 6.54 Å². The van der Waals surface area contributed by atoms with Gasteiger partial charge in [0, 0.05) is 17.1 Å². The van der Waals surface area contributed by atoms with E-state index in [2.05, 4.69) is 28.7 Å². The lowest BCUT2D eigenvalue weighted by molar-refractivity contribution is -0.109. The monoisotopic (exact) mass is 343 g/mol. The quantitative estimate of drug-likeness (QED) is 0.805. The Kier molecular flexibility index (Phi) is 5.53. The Morgan fingerprint density at radius 2 is 2.04 bits per heavy atom. The number of aldehydes is 1. The Morgan fingerprint density at radius 1 is 1.28 bits per heavy atom. The Balaban J connectivity index is 1.62. The smallest absolute Gasteiger partial charge is 0.133 e. The van der Waals surface area contributed by atoms with Crippen LogP contribution in [0.5, 0.6) is 0 Å². The fourth-order valence-electron chi connectivity index (χ4n) is 3.71. The van der Waals surface area contributed by atoms with Crippen LogP contribution >= 0.6 is 0 Å². The summed E-state index contributed by atoms with van der Waals surface area (Å²) < 4.78 is 14.6. The Labute approximate surface area is 148 Å². The van der Waals surface area contributed by atoms with Crippen LogP contribution in [0.1, 0.15) is 37.2 Å². The fourth-order valence-corrected chi connectivity index (χ4v) is 3.71. The Morgan fingerprint density at radius 3 is 2.68 bits per heavy atom. The summed E-state index contributed by atoms with van der Waals surface area (Å²) in [5.74, 6) is 0.0733. The number of likely N-dealkylation sites (tertiary alicyclic amines) is 1. The molecule has 1 aromatic carbocycles. The molecule has 1 aromatic rings. The second-order valence-electron chi connectivity index (χ2n) is 6.97. The largest absolute Gasteiger partial charge is 0.377 e. The predicted molar refractivity (Wildman–Crippen MR) is 98.9 cm³/mol. The van der Waals surface area contributed by atoms with Gasteiger partial charge in [0.2, 0.25) is 0 Å². The van der Waals surface area contributed by atoms with Crippen LogP contribution in [0.2, 0.25) is 0 Å². The van der Waals surface area contributed by atoms with Gasteiger partial charge in [0.1, 0.15) is 12.1 Å². The van der Waals surface area contributed by atoms with Crippen molar-refractivity contribution in [2.24, 2.45) is 0 Å². The summed E-state index contributed by atoms with van der Waals surface area (Å²) in [5.41, 5.74) is 3.42. The van der Waals surface area contributed by atoms with E-state index in [1.807, 2.05) is 12.1 Å². The topological polar surface area (TPSA) is 44.4 Å². The molecule has 0 radical (unpaired) electrons. The third-order valence-corrected chi connectivity index (χ3v) is 5.19. The molecule has 4 nitrogen and oxygen atoms in total. The summed E-state index contributed by atoms with van der Waals surface area (Å²) in [6.45, 7) is 10.1. The van der Waals surface area contributed by atoms with Gasteiger partial charge in [0.05, 0.1) is 12.6 Å². The summed E-state index contributed by atoms with van der Waals surface area (Å²) in [6.07, 6.45) is 4.51. The van der Waals surface area contributed by atoms with E-state index in [1.165, 1.54) is 0 Å². The summed E-state index contributed by atoms with van der Waals surface area (Å²) in [5, 5.41) is 6.52. The van der Waals surface area contributed by atoms with Crippen LogP contribution in [0, 0.1) is 5.82 Å². The number of nitrogens with one attached hydrogen (secondary N) is 2. The minimum Gasteiger partial charge on any atom is -0.377 e. The number of nitrogens with zero attached hydrogens (tertiary/aromatic N) is 1. The molecule has 25 heavy (non-hydrogen) atoms. The minimum absolute atomic E-state index is 0.0855. The molecule has 0 aromatic heterocycles. The molecule has 0 aliphatic carbocycles. The van der Waals surface area contributed by atoms with Crippen LogP contribution in [-0.4, -0.2) is 36.9 Å². The number of anilines is 1. The van der Waals surface area contributed by atoms with Crippen molar-refractivity contribution in [2.75, 3.05) is 25.0 Å². The molecule has 2 N–H and O–H groups in total. The second-order valence-corrected chi connectivity index (χ2v) is 6.97. The number of allylic oxidation sites excluding steroid dienone is 1. The standard InChI is InChI=1S/C20H26FN3O/c1-14-3-6-20(15(2)22-14)23-17-4-5-18(19(21)13-17)16-7-9-24(10-8-16)11-12-25/h4-5,12-13,16,20,22-23H,1-3,6-11H2. The van der Waals surface area contributed by atoms with Gasteiger partial charge in [-0.1, -0.05) is 19.2 Å². The molecule has 2 saturated heterocycles. The third-order valence-electron chi connectivity index (χ3n) is 5.19. The van der Waals surface area contributed by atoms with Crippen LogP contribution in [0.3, 0.4) is 0 Å².